The van der Waals surface area contributed by atoms with Gasteiger partial charge in [-0.2, -0.15) is 0 Å². The lowest BCUT2D eigenvalue weighted by Gasteiger charge is -2.07. The Balaban J connectivity index is 2.28. The highest BCUT2D eigenvalue weighted by molar-refractivity contribution is 6.37. The predicted octanol–water partition coefficient (Wildman–Crippen LogP) is 4.29. The van der Waals surface area contributed by atoms with Crippen molar-refractivity contribution in [2.24, 2.45) is 0 Å². The quantitative estimate of drug-likeness (QED) is 0.518. The maximum Gasteiger partial charge on any atom is 0.271 e. The van der Waals surface area contributed by atoms with E-state index in [4.69, 9.17) is 23.2 Å². The fraction of sp³-hybridized carbons (Fsp3) is 0. The zero-order chi connectivity index (χ0) is 15.6. The molecule has 0 saturated carbocycles. The number of hydrogen-bond acceptors (Lipinski definition) is 3. The Bertz CT molecular complexity index is 737. The molecule has 1 N–H and O–H groups in total. The molecule has 0 heterocycles. The molecular formula is C13H7Cl2FN2O3. The minimum Gasteiger partial charge on any atom is -0.322 e. The van der Waals surface area contributed by atoms with Gasteiger partial charge in [-0.3, -0.25) is 14.9 Å². The molecule has 0 aliphatic rings. The third-order valence-corrected chi connectivity index (χ3v) is 3.17. The molecule has 5 nitrogen and oxygen atoms in total. The Morgan fingerprint density at radius 2 is 1.90 bits per heavy atom. The first-order valence-electron chi connectivity index (χ1n) is 5.59. The maximum atomic E-state index is 13.4. The Labute approximate surface area is 128 Å². The normalized spacial score (nSPS) is 10.2. The fourth-order valence-corrected chi connectivity index (χ4v) is 2.06. The van der Waals surface area contributed by atoms with Crippen LogP contribution in [0.25, 0.3) is 0 Å². The van der Waals surface area contributed by atoms with Gasteiger partial charge >= 0.3 is 0 Å². The van der Waals surface area contributed by atoms with Gasteiger partial charge in [-0.15, -0.1) is 0 Å². The van der Waals surface area contributed by atoms with E-state index in [0.29, 0.717) is 0 Å². The fourth-order valence-electron chi connectivity index (χ4n) is 1.59. The van der Waals surface area contributed by atoms with Crippen LogP contribution in [0.5, 0.6) is 0 Å². The monoisotopic (exact) mass is 328 g/mol. The van der Waals surface area contributed by atoms with Crippen LogP contribution in [0, 0.1) is 15.9 Å². The highest BCUT2D eigenvalue weighted by atomic mass is 35.5. The van der Waals surface area contributed by atoms with Crippen LogP contribution in [0.1, 0.15) is 10.4 Å². The van der Waals surface area contributed by atoms with E-state index >= 15 is 0 Å². The Morgan fingerprint density at radius 1 is 1.19 bits per heavy atom. The number of halogens is 3. The van der Waals surface area contributed by atoms with Crippen molar-refractivity contribution < 1.29 is 14.1 Å². The number of non-ortho nitro benzene ring substituents is 1. The summed E-state index contributed by atoms with van der Waals surface area (Å²) in [5.74, 6) is -1.48. The number of nitro groups is 1. The molecule has 0 bridgehead atoms. The summed E-state index contributed by atoms with van der Waals surface area (Å²) in [4.78, 5) is 22.1. The molecule has 0 aromatic heterocycles. The van der Waals surface area contributed by atoms with Crippen LogP contribution in [0.3, 0.4) is 0 Å². The minimum atomic E-state index is -0.787. The topological polar surface area (TPSA) is 72.2 Å². The average Bonchev–Trinajstić information content (AvgIpc) is 2.43. The molecule has 0 atom stereocenters. The minimum absolute atomic E-state index is 0.0238. The van der Waals surface area contributed by atoms with Gasteiger partial charge in [-0.05, 0) is 18.2 Å². The van der Waals surface area contributed by atoms with Gasteiger partial charge in [-0.1, -0.05) is 29.3 Å². The van der Waals surface area contributed by atoms with Crippen LogP contribution >= 0.6 is 23.2 Å². The summed E-state index contributed by atoms with van der Waals surface area (Å²) in [7, 11) is 0. The largest absolute Gasteiger partial charge is 0.322 e. The molecule has 1 amide bonds. The number of benzene rings is 2. The van der Waals surface area contributed by atoms with Gasteiger partial charge in [-0.25, -0.2) is 4.39 Å². The standard InChI is InChI=1S/C13H7Cl2FN2O3/c14-10-6-11(15)12(16)5-9(10)13(19)17-7-2-1-3-8(4-7)18(20)21/h1-6H,(H,17,19). The molecular weight excluding hydrogens is 322 g/mol. The Hall–Kier alpha value is -2.18. The molecule has 108 valence electrons. The van der Waals surface area contributed by atoms with E-state index in [2.05, 4.69) is 5.32 Å². The highest BCUT2D eigenvalue weighted by Gasteiger charge is 2.15. The van der Waals surface area contributed by atoms with E-state index in [9.17, 15) is 19.3 Å². The first-order valence-corrected chi connectivity index (χ1v) is 6.34. The zero-order valence-electron chi connectivity index (χ0n) is 10.3. The van der Waals surface area contributed by atoms with Gasteiger partial charge < -0.3 is 5.32 Å². The van der Waals surface area contributed by atoms with Crippen molar-refractivity contribution in [1.82, 2.24) is 0 Å². The van der Waals surface area contributed by atoms with Crippen LogP contribution in [0.4, 0.5) is 15.8 Å². The summed E-state index contributed by atoms with van der Waals surface area (Å²) < 4.78 is 13.4. The molecule has 0 aliphatic carbocycles. The van der Waals surface area contributed by atoms with Gasteiger partial charge in [0.1, 0.15) is 5.82 Å². The van der Waals surface area contributed by atoms with Crippen LogP contribution < -0.4 is 5.32 Å². The maximum absolute atomic E-state index is 13.4. The number of carbonyl (C=O) groups excluding carboxylic acids is 1. The molecule has 0 aliphatic heterocycles. The van der Waals surface area contributed by atoms with E-state index < -0.39 is 16.6 Å². The summed E-state index contributed by atoms with van der Waals surface area (Å²) in [5, 5.41) is 12.8. The number of amides is 1. The van der Waals surface area contributed by atoms with Gasteiger partial charge in [0.2, 0.25) is 0 Å². The molecule has 2 aromatic carbocycles. The third-order valence-electron chi connectivity index (χ3n) is 2.57. The molecule has 0 spiro atoms. The van der Waals surface area contributed by atoms with Crippen LogP contribution in [-0.2, 0) is 0 Å². The summed E-state index contributed by atoms with van der Waals surface area (Å²) in [6.45, 7) is 0. The molecule has 2 rings (SSSR count). The van der Waals surface area contributed by atoms with Crippen molar-refractivity contribution in [2.45, 2.75) is 0 Å². The predicted molar refractivity (Wildman–Crippen MR) is 77.5 cm³/mol. The second-order valence-corrected chi connectivity index (χ2v) is 4.82. The molecule has 0 saturated heterocycles. The highest BCUT2D eigenvalue weighted by Crippen LogP contribution is 2.25. The summed E-state index contributed by atoms with van der Waals surface area (Å²) in [6, 6.07) is 7.35. The molecule has 0 fully saturated rings. The first-order chi connectivity index (χ1) is 9.88. The van der Waals surface area contributed by atoms with Gasteiger partial charge in [0, 0.05) is 17.8 Å². The molecule has 21 heavy (non-hydrogen) atoms. The summed E-state index contributed by atoms with van der Waals surface area (Å²) >= 11 is 11.4. The number of nitrogens with one attached hydrogen (secondary N) is 1. The number of nitrogens with zero attached hydrogens (tertiary/aromatic N) is 1. The van der Waals surface area contributed by atoms with E-state index in [1.807, 2.05) is 0 Å². The molecule has 0 unspecified atom stereocenters. The van der Waals surface area contributed by atoms with Crippen molar-refractivity contribution in [3.05, 3.63) is 67.9 Å². The van der Waals surface area contributed by atoms with Crippen molar-refractivity contribution in [2.75, 3.05) is 5.32 Å². The lowest BCUT2D eigenvalue weighted by atomic mass is 10.2. The van der Waals surface area contributed by atoms with E-state index in [1.165, 1.54) is 24.3 Å². The van der Waals surface area contributed by atoms with Gasteiger partial charge in [0.15, 0.2) is 0 Å². The third kappa shape index (κ3) is 3.48. The number of hydrogen-bond donors (Lipinski definition) is 1. The number of nitro benzene ring substituents is 1. The zero-order valence-corrected chi connectivity index (χ0v) is 11.8. The van der Waals surface area contributed by atoms with Crippen molar-refractivity contribution in [1.29, 1.82) is 0 Å². The lowest BCUT2D eigenvalue weighted by Crippen LogP contribution is -2.13. The summed E-state index contributed by atoms with van der Waals surface area (Å²) in [5.41, 5.74) is -0.105. The van der Waals surface area contributed by atoms with E-state index in [1.54, 1.807) is 0 Å². The molecule has 8 heteroatoms. The van der Waals surface area contributed by atoms with Gasteiger partial charge in [0.25, 0.3) is 11.6 Å². The average molecular weight is 329 g/mol. The van der Waals surface area contributed by atoms with Crippen LogP contribution in [0.15, 0.2) is 36.4 Å². The lowest BCUT2D eigenvalue weighted by molar-refractivity contribution is -0.384. The molecule has 0 radical (unpaired) electrons. The van der Waals surface area contributed by atoms with Crippen LogP contribution in [-0.4, -0.2) is 10.8 Å². The SMILES string of the molecule is O=C(Nc1cccc([N+](=O)[O-])c1)c1cc(F)c(Cl)cc1Cl. The van der Waals surface area contributed by atoms with Crippen molar-refractivity contribution >= 4 is 40.5 Å². The van der Waals surface area contributed by atoms with Crippen molar-refractivity contribution in [3.8, 4) is 0 Å². The second kappa shape index (κ2) is 6.07. The smallest absolute Gasteiger partial charge is 0.271 e. The van der Waals surface area contributed by atoms with Crippen LogP contribution in [0.2, 0.25) is 10.0 Å². The van der Waals surface area contributed by atoms with E-state index in [0.717, 1.165) is 12.1 Å². The number of carbonyl (C=O) groups is 1. The van der Waals surface area contributed by atoms with Crippen molar-refractivity contribution in [3.63, 3.8) is 0 Å². The number of anilines is 1. The number of rotatable bonds is 3. The summed E-state index contributed by atoms with van der Waals surface area (Å²) in [6.07, 6.45) is 0. The first kappa shape index (κ1) is 15.2. The molecule has 2 aromatic rings. The Morgan fingerprint density at radius 3 is 2.57 bits per heavy atom. The Kier molecular flexibility index (Phi) is 4.40. The van der Waals surface area contributed by atoms with E-state index in [-0.39, 0.29) is 27.0 Å². The van der Waals surface area contributed by atoms with Gasteiger partial charge in [0.05, 0.1) is 20.5 Å². The second-order valence-electron chi connectivity index (χ2n) is 4.01.